The second-order valence-electron chi connectivity index (χ2n) is 5.40. The van der Waals surface area contributed by atoms with Crippen LogP contribution < -0.4 is 0 Å². The van der Waals surface area contributed by atoms with Gasteiger partial charge in [0.05, 0.1) is 12.0 Å². The predicted octanol–water partition coefficient (Wildman–Crippen LogP) is 2.83. The Balaban J connectivity index is 2.07. The molecule has 1 aromatic carbocycles. The summed E-state index contributed by atoms with van der Waals surface area (Å²) < 4.78 is 52.3. The Morgan fingerprint density at radius 1 is 1.20 bits per heavy atom. The van der Waals surface area contributed by atoms with E-state index in [9.17, 15) is 27.5 Å². The van der Waals surface area contributed by atoms with E-state index in [1.807, 2.05) is 0 Å². The van der Waals surface area contributed by atoms with E-state index >= 15 is 0 Å². The summed E-state index contributed by atoms with van der Waals surface area (Å²) in [6, 6.07) is 6.93. The zero-order valence-corrected chi connectivity index (χ0v) is 12.5. The Hall–Kier alpha value is -2.81. The summed E-state index contributed by atoms with van der Waals surface area (Å²) in [6.45, 7) is 0. The minimum atomic E-state index is -4.82. The molecule has 0 unspecified atom stereocenters. The van der Waals surface area contributed by atoms with Crippen LogP contribution in [-0.4, -0.2) is 32.9 Å². The first-order chi connectivity index (χ1) is 11.7. The molecule has 1 aromatic heterocycles. The van der Waals surface area contributed by atoms with Crippen molar-refractivity contribution in [3.63, 3.8) is 0 Å². The first-order valence-electron chi connectivity index (χ1n) is 7.09. The highest BCUT2D eigenvalue weighted by Gasteiger charge is 2.53. The maximum Gasteiger partial charge on any atom is 0.431 e. The zero-order valence-electron chi connectivity index (χ0n) is 12.5. The lowest BCUT2D eigenvalue weighted by molar-refractivity contribution is -0.0816. The number of hydrogen-bond acceptors (Lipinski definition) is 4. The Bertz CT molecular complexity index is 822. The van der Waals surface area contributed by atoms with Crippen molar-refractivity contribution in [3.05, 3.63) is 65.7 Å². The SMILES string of the molecule is O=C(c1cccnc1)N1N=C(C(F)(F)F)C[C@]1(O)c1ccc(F)cc1. The molecule has 0 spiro atoms. The van der Waals surface area contributed by atoms with Gasteiger partial charge in [0.1, 0.15) is 11.5 Å². The van der Waals surface area contributed by atoms with E-state index in [4.69, 9.17) is 0 Å². The molecule has 1 N–H and O–H groups in total. The molecule has 130 valence electrons. The minimum Gasteiger partial charge on any atom is -0.365 e. The van der Waals surface area contributed by atoms with E-state index in [0.717, 1.165) is 30.5 Å². The number of benzene rings is 1. The van der Waals surface area contributed by atoms with Crippen molar-refractivity contribution in [2.45, 2.75) is 18.3 Å². The lowest BCUT2D eigenvalue weighted by atomic mass is 9.96. The molecule has 25 heavy (non-hydrogen) atoms. The van der Waals surface area contributed by atoms with E-state index in [2.05, 4.69) is 10.1 Å². The van der Waals surface area contributed by atoms with Crippen LogP contribution in [0.2, 0.25) is 0 Å². The molecule has 0 saturated heterocycles. The van der Waals surface area contributed by atoms with Gasteiger partial charge in [-0.3, -0.25) is 9.78 Å². The number of carbonyl (C=O) groups excluding carboxylic acids is 1. The molecule has 1 amide bonds. The number of aliphatic hydroxyl groups is 1. The van der Waals surface area contributed by atoms with Crippen LogP contribution in [0.3, 0.4) is 0 Å². The number of alkyl halides is 3. The van der Waals surface area contributed by atoms with Gasteiger partial charge in [0, 0.05) is 18.0 Å². The van der Waals surface area contributed by atoms with Gasteiger partial charge in [-0.2, -0.15) is 23.3 Å². The number of rotatable bonds is 2. The summed E-state index contributed by atoms with van der Waals surface area (Å²) in [5.74, 6) is -1.59. The van der Waals surface area contributed by atoms with Gasteiger partial charge in [-0.1, -0.05) is 12.1 Å². The number of halogens is 4. The Labute approximate surface area is 139 Å². The van der Waals surface area contributed by atoms with Crippen molar-refractivity contribution in [2.75, 3.05) is 0 Å². The number of carbonyl (C=O) groups is 1. The standard InChI is InChI=1S/C16H11F4N3O2/c17-12-5-3-11(4-6-12)15(25)8-13(16(18,19)20)22-23(15)14(24)10-2-1-7-21-9-10/h1-7,9,25H,8H2/t15-/m0/s1. The van der Waals surface area contributed by atoms with Crippen LogP contribution in [0.1, 0.15) is 22.3 Å². The normalized spacial score (nSPS) is 20.5. The molecule has 5 nitrogen and oxygen atoms in total. The highest BCUT2D eigenvalue weighted by Crippen LogP contribution is 2.40. The molecule has 0 saturated carbocycles. The molecule has 0 aliphatic carbocycles. The highest BCUT2D eigenvalue weighted by molar-refractivity contribution is 5.99. The quantitative estimate of drug-likeness (QED) is 0.845. The lowest BCUT2D eigenvalue weighted by Crippen LogP contribution is -2.43. The van der Waals surface area contributed by atoms with Crippen molar-refractivity contribution >= 4 is 11.6 Å². The van der Waals surface area contributed by atoms with Gasteiger partial charge < -0.3 is 5.11 Å². The number of aromatic nitrogens is 1. The summed E-state index contributed by atoms with van der Waals surface area (Å²) in [6.07, 6.45) is -3.25. The van der Waals surface area contributed by atoms with Crippen LogP contribution in [0.4, 0.5) is 17.6 Å². The first-order valence-corrected chi connectivity index (χ1v) is 7.09. The van der Waals surface area contributed by atoms with Gasteiger partial charge in [-0.25, -0.2) is 4.39 Å². The highest BCUT2D eigenvalue weighted by atomic mass is 19.4. The van der Waals surface area contributed by atoms with Crippen LogP contribution in [-0.2, 0) is 5.72 Å². The molecule has 9 heteroatoms. The Kier molecular flexibility index (Phi) is 4.03. The number of hydrogen-bond donors (Lipinski definition) is 1. The van der Waals surface area contributed by atoms with E-state index in [1.165, 1.54) is 18.3 Å². The van der Waals surface area contributed by atoms with Crippen LogP contribution in [0.15, 0.2) is 53.9 Å². The van der Waals surface area contributed by atoms with Gasteiger partial charge in [-0.05, 0) is 24.3 Å². The van der Waals surface area contributed by atoms with E-state index in [0.29, 0.717) is 5.01 Å². The number of nitrogens with zero attached hydrogens (tertiary/aromatic N) is 3. The third-order valence-electron chi connectivity index (χ3n) is 3.72. The predicted molar refractivity (Wildman–Crippen MR) is 78.8 cm³/mol. The van der Waals surface area contributed by atoms with Gasteiger partial charge in [0.15, 0.2) is 5.72 Å². The topological polar surface area (TPSA) is 65.8 Å². The van der Waals surface area contributed by atoms with Crippen molar-refractivity contribution in [3.8, 4) is 0 Å². The molecular weight excluding hydrogens is 342 g/mol. The second-order valence-corrected chi connectivity index (χ2v) is 5.40. The third kappa shape index (κ3) is 3.10. The summed E-state index contributed by atoms with van der Waals surface area (Å²) in [4.78, 5) is 16.3. The summed E-state index contributed by atoms with van der Waals surface area (Å²) in [5, 5.41) is 14.5. The summed E-state index contributed by atoms with van der Waals surface area (Å²) >= 11 is 0. The van der Waals surface area contributed by atoms with Gasteiger partial charge in [0.2, 0.25) is 0 Å². The molecule has 3 rings (SSSR count). The van der Waals surface area contributed by atoms with E-state index in [-0.39, 0.29) is 11.1 Å². The molecule has 1 aliphatic rings. The third-order valence-corrected chi connectivity index (χ3v) is 3.72. The number of hydrazone groups is 1. The van der Waals surface area contributed by atoms with E-state index < -0.39 is 35.8 Å². The van der Waals surface area contributed by atoms with Crippen molar-refractivity contribution < 1.29 is 27.5 Å². The van der Waals surface area contributed by atoms with Crippen molar-refractivity contribution in [2.24, 2.45) is 5.10 Å². The fraction of sp³-hybridized carbons (Fsp3) is 0.188. The smallest absolute Gasteiger partial charge is 0.365 e. The van der Waals surface area contributed by atoms with Gasteiger partial charge in [0.25, 0.3) is 5.91 Å². The Morgan fingerprint density at radius 3 is 2.44 bits per heavy atom. The average molecular weight is 353 g/mol. The fourth-order valence-electron chi connectivity index (χ4n) is 2.47. The van der Waals surface area contributed by atoms with Crippen LogP contribution in [0.5, 0.6) is 0 Å². The first kappa shape index (κ1) is 17.0. The zero-order chi connectivity index (χ0) is 18.2. The summed E-state index contributed by atoms with van der Waals surface area (Å²) in [5.41, 5.74) is -3.83. The lowest BCUT2D eigenvalue weighted by Gasteiger charge is -2.31. The minimum absolute atomic E-state index is 0.0461. The summed E-state index contributed by atoms with van der Waals surface area (Å²) in [7, 11) is 0. The second kappa shape index (κ2) is 5.92. The molecule has 2 heterocycles. The Morgan fingerprint density at radius 2 is 1.88 bits per heavy atom. The maximum absolute atomic E-state index is 13.1. The number of pyridine rings is 1. The molecular formula is C16H11F4N3O2. The molecule has 0 bridgehead atoms. The molecule has 0 fully saturated rings. The van der Waals surface area contributed by atoms with Crippen LogP contribution in [0, 0.1) is 5.82 Å². The van der Waals surface area contributed by atoms with Crippen LogP contribution in [0.25, 0.3) is 0 Å². The molecule has 1 aliphatic heterocycles. The largest absolute Gasteiger partial charge is 0.431 e. The van der Waals surface area contributed by atoms with Gasteiger partial charge in [-0.15, -0.1) is 0 Å². The number of amides is 1. The van der Waals surface area contributed by atoms with Crippen molar-refractivity contribution in [1.29, 1.82) is 0 Å². The monoisotopic (exact) mass is 353 g/mol. The fourth-order valence-corrected chi connectivity index (χ4v) is 2.47. The average Bonchev–Trinajstić information content (AvgIpc) is 2.94. The molecule has 1 atom stereocenters. The van der Waals surface area contributed by atoms with Crippen molar-refractivity contribution in [1.82, 2.24) is 9.99 Å². The molecule has 2 aromatic rings. The maximum atomic E-state index is 13.1. The van der Waals surface area contributed by atoms with E-state index in [1.54, 1.807) is 0 Å². The molecule has 0 radical (unpaired) electrons. The van der Waals surface area contributed by atoms with Crippen LogP contribution >= 0.6 is 0 Å². The van der Waals surface area contributed by atoms with Gasteiger partial charge >= 0.3 is 6.18 Å².